The van der Waals surface area contributed by atoms with E-state index in [4.69, 9.17) is 9.25 Å². The maximum Gasteiger partial charge on any atom is 0.286 e. The molecule has 0 radical (unpaired) electrons. The van der Waals surface area contributed by atoms with Gasteiger partial charge in [-0.2, -0.15) is 0 Å². The fourth-order valence-corrected chi connectivity index (χ4v) is 2.64. The second kappa shape index (κ2) is 7.86. The molecule has 0 spiro atoms. The van der Waals surface area contributed by atoms with Gasteiger partial charge >= 0.3 is 0 Å². The number of carbonyl (C=O) groups excluding carboxylic acids is 2. The van der Waals surface area contributed by atoms with Crippen molar-refractivity contribution in [2.75, 3.05) is 13.6 Å². The third kappa shape index (κ3) is 3.93. The number of carbonyl (C=O) groups is 2. The van der Waals surface area contributed by atoms with Crippen molar-refractivity contribution in [3.63, 3.8) is 0 Å². The Hall–Kier alpha value is -3.09. The van der Waals surface area contributed by atoms with E-state index in [-0.39, 0.29) is 23.7 Å². The first kappa shape index (κ1) is 17.7. The number of furan rings is 1. The van der Waals surface area contributed by atoms with Gasteiger partial charge in [0.1, 0.15) is 11.9 Å². The van der Waals surface area contributed by atoms with Gasteiger partial charge in [-0.05, 0) is 30.7 Å². The molecule has 3 rings (SSSR count). The van der Waals surface area contributed by atoms with Crippen LogP contribution >= 0.6 is 0 Å². The molecule has 1 aliphatic rings. The van der Waals surface area contributed by atoms with Gasteiger partial charge in [-0.15, -0.1) is 0 Å². The molecule has 2 aromatic rings. The largest absolute Gasteiger partial charge is 0.451 e. The number of benzene rings is 1. The first-order valence-corrected chi connectivity index (χ1v) is 8.52. The molecule has 1 aliphatic heterocycles. The number of oxime groups is 1. The van der Waals surface area contributed by atoms with E-state index >= 15 is 0 Å². The molecular weight excluding hydrogens is 334 g/mol. The van der Waals surface area contributed by atoms with Gasteiger partial charge in [0, 0.05) is 24.6 Å². The van der Waals surface area contributed by atoms with E-state index in [9.17, 15) is 9.59 Å². The van der Waals surface area contributed by atoms with E-state index in [1.54, 1.807) is 43.4 Å². The predicted octanol–water partition coefficient (Wildman–Crippen LogP) is 2.59. The molecule has 1 aromatic heterocycles. The Labute approximate surface area is 151 Å². The molecule has 0 unspecified atom stereocenters. The van der Waals surface area contributed by atoms with E-state index in [2.05, 4.69) is 15.8 Å². The van der Waals surface area contributed by atoms with Crippen LogP contribution in [0.4, 0.5) is 0 Å². The fraction of sp³-hybridized carbons (Fsp3) is 0.316. The van der Waals surface area contributed by atoms with Gasteiger partial charge in [-0.3, -0.25) is 9.59 Å². The number of hydrogen-bond acceptors (Lipinski definition) is 5. The molecule has 2 amide bonds. The van der Waals surface area contributed by atoms with Crippen molar-refractivity contribution in [1.82, 2.24) is 10.6 Å². The Morgan fingerprint density at radius 2 is 1.92 bits per heavy atom. The van der Waals surface area contributed by atoms with Crippen molar-refractivity contribution in [2.45, 2.75) is 25.9 Å². The highest BCUT2D eigenvalue weighted by Crippen LogP contribution is 2.22. The van der Waals surface area contributed by atoms with Crippen LogP contribution in [0.1, 0.15) is 40.7 Å². The standard InChI is InChI=1S/C19H21N3O4/c1-3-14-10-15(26-22-14)11-21-18(23)13-6-4-12(5-7-13)16-8-9-17(25-16)19(24)20-2/h4-9,15H,3,10-11H2,1-2H3,(H,20,24)(H,21,23)/t15-/m1/s1. The Balaban J connectivity index is 1.58. The van der Waals surface area contributed by atoms with Crippen molar-refractivity contribution < 1.29 is 18.8 Å². The van der Waals surface area contributed by atoms with Crippen molar-refractivity contribution in [3.05, 3.63) is 47.7 Å². The van der Waals surface area contributed by atoms with Crippen LogP contribution in [0.2, 0.25) is 0 Å². The zero-order valence-corrected chi connectivity index (χ0v) is 14.7. The summed E-state index contributed by atoms with van der Waals surface area (Å²) in [7, 11) is 1.55. The van der Waals surface area contributed by atoms with Crippen LogP contribution in [0.3, 0.4) is 0 Å². The number of nitrogens with one attached hydrogen (secondary N) is 2. The highest BCUT2D eigenvalue weighted by Gasteiger charge is 2.20. The van der Waals surface area contributed by atoms with Crippen molar-refractivity contribution in [2.24, 2.45) is 5.16 Å². The monoisotopic (exact) mass is 355 g/mol. The van der Waals surface area contributed by atoms with Gasteiger partial charge in [-0.1, -0.05) is 24.2 Å². The molecule has 7 nitrogen and oxygen atoms in total. The van der Waals surface area contributed by atoms with Gasteiger partial charge in [0.05, 0.1) is 12.3 Å². The van der Waals surface area contributed by atoms with Gasteiger partial charge in [0.15, 0.2) is 5.76 Å². The topological polar surface area (TPSA) is 92.9 Å². The quantitative estimate of drug-likeness (QED) is 0.833. The molecule has 0 aliphatic carbocycles. The van der Waals surface area contributed by atoms with E-state index in [1.807, 2.05) is 6.92 Å². The lowest BCUT2D eigenvalue weighted by Crippen LogP contribution is -2.32. The Morgan fingerprint density at radius 3 is 2.58 bits per heavy atom. The number of nitrogens with zero attached hydrogens (tertiary/aromatic N) is 1. The summed E-state index contributed by atoms with van der Waals surface area (Å²) in [6, 6.07) is 10.3. The molecule has 1 aromatic carbocycles. The Bertz CT molecular complexity index is 824. The summed E-state index contributed by atoms with van der Waals surface area (Å²) in [4.78, 5) is 29.1. The summed E-state index contributed by atoms with van der Waals surface area (Å²) < 4.78 is 5.52. The molecule has 2 N–H and O–H groups in total. The Kier molecular flexibility index (Phi) is 5.36. The highest BCUT2D eigenvalue weighted by atomic mass is 16.6. The molecule has 0 bridgehead atoms. The molecule has 0 saturated carbocycles. The summed E-state index contributed by atoms with van der Waals surface area (Å²) in [6.07, 6.45) is 1.52. The summed E-state index contributed by atoms with van der Waals surface area (Å²) in [5.74, 6) is 0.362. The van der Waals surface area contributed by atoms with Crippen LogP contribution < -0.4 is 10.6 Å². The normalized spacial score (nSPS) is 15.9. The Morgan fingerprint density at radius 1 is 1.15 bits per heavy atom. The van der Waals surface area contributed by atoms with Crippen molar-refractivity contribution in [3.8, 4) is 11.3 Å². The minimum Gasteiger partial charge on any atom is -0.451 e. The predicted molar refractivity (Wildman–Crippen MR) is 97.1 cm³/mol. The minimum absolute atomic E-state index is 0.0978. The summed E-state index contributed by atoms with van der Waals surface area (Å²) in [5, 5.41) is 9.35. The third-order valence-electron chi connectivity index (χ3n) is 4.18. The van der Waals surface area contributed by atoms with E-state index in [0.717, 1.165) is 24.1 Å². The first-order valence-electron chi connectivity index (χ1n) is 8.52. The number of rotatable bonds is 6. The van der Waals surface area contributed by atoms with Crippen molar-refractivity contribution in [1.29, 1.82) is 0 Å². The van der Waals surface area contributed by atoms with Crippen LogP contribution in [0.5, 0.6) is 0 Å². The number of hydrogen-bond donors (Lipinski definition) is 2. The van der Waals surface area contributed by atoms with Gasteiger partial charge in [0.2, 0.25) is 0 Å². The maximum absolute atomic E-state index is 12.3. The molecule has 26 heavy (non-hydrogen) atoms. The molecule has 136 valence electrons. The smallest absolute Gasteiger partial charge is 0.286 e. The van der Waals surface area contributed by atoms with Gasteiger partial charge in [-0.25, -0.2) is 0 Å². The molecule has 0 saturated heterocycles. The fourth-order valence-electron chi connectivity index (χ4n) is 2.64. The van der Waals surface area contributed by atoms with Gasteiger partial charge < -0.3 is 19.9 Å². The number of amides is 2. The summed E-state index contributed by atoms with van der Waals surface area (Å²) in [6.45, 7) is 2.45. The highest BCUT2D eigenvalue weighted by molar-refractivity contribution is 5.95. The second-order valence-electron chi connectivity index (χ2n) is 5.97. The third-order valence-corrected chi connectivity index (χ3v) is 4.18. The van der Waals surface area contributed by atoms with Crippen LogP contribution in [0, 0.1) is 0 Å². The van der Waals surface area contributed by atoms with E-state index in [0.29, 0.717) is 17.9 Å². The molecule has 2 heterocycles. The molecule has 1 atom stereocenters. The minimum atomic E-state index is -0.281. The second-order valence-corrected chi connectivity index (χ2v) is 5.97. The molecule has 7 heteroatoms. The molecule has 0 fully saturated rings. The average Bonchev–Trinajstić information content (AvgIpc) is 3.35. The maximum atomic E-state index is 12.3. The van der Waals surface area contributed by atoms with Crippen LogP contribution in [0.15, 0.2) is 46.0 Å². The lowest BCUT2D eigenvalue weighted by atomic mass is 10.1. The van der Waals surface area contributed by atoms with E-state index < -0.39 is 0 Å². The zero-order valence-electron chi connectivity index (χ0n) is 14.7. The summed E-state index contributed by atoms with van der Waals surface area (Å²) in [5.41, 5.74) is 2.35. The summed E-state index contributed by atoms with van der Waals surface area (Å²) >= 11 is 0. The zero-order chi connectivity index (χ0) is 18.5. The lowest BCUT2D eigenvalue weighted by Gasteiger charge is -2.10. The van der Waals surface area contributed by atoms with E-state index in [1.165, 1.54) is 0 Å². The molecular formula is C19H21N3O4. The van der Waals surface area contributed by atoms with Gasteiger partial charge in [0.25, 0.3) is 11.8 Å². The first-order chi connectivity index (χ1) is 12.6. The SMILES string of the molecule is CCC1=NO[C@@H](CNC(=O)c2ccc(-c3ccc(C(=O)NC)o3)cc2)C1. The van der Waals surface area contributed by atoms with Crippen LogP contribution in [-0.4, -0.2) is 37.2 Å². The van der Waals surface area contributed by atoms with Crippen LogP contribution in [-0.2, 0) is 4.84 Å². The van der Waals surface area contributed by atoms with Crippen molar-refractivity contribution >= 4 is 17.5 Å². The van der Waals surface area contributed by atoms with Crippen LogP contribution in [0.25, 0.3) is 11.3 Å². The average molecular weight is 355 g/mol. The lowest BCUT2D eigenvalue weighted by molar-refractivity contribution is 0.0753.